The van der Waals surface area contributed by atoms with Crippen LogP contribution in [-0.2, 0) is 14.3 Å². The molecule has 0 N–H and O–H groups in total. The number of amides is 1. The van der Waals surface area contributed by atoms with Gasteiger partial charge in [0.25, 0.3) is 0 Å². The molecule has 0 aromatic heterocycles. The van der Waals surface area contributed by atoms with E-state index in [0.29, 0.717) is 25.0 Å². The van der Waals surface area contributed by atoms with Gasteiger partial charge >= 0.3 is 5.97 Å². The van der Waals surface area contributed by atoms with Crippen molar-refractivity contribution < 1.29 is 14.3 Å². The molecule has 1 saturated heterocycles. The van der Waals surface area contributed by atoms with Crippen LogP contribution in [0.15, 0.2) is 11.8 Å². The Morgan fingerprint density at radius 3 is 2.79 bits per heavy atom. The van der Waals surface area contributed by atoms with Crippen LogP contribution in [0.3, 0.4) is 0 Å². The zero-order chi connectivity index (χ0) is 10.6. The summed E-state index contributed by atoms with van der Waals surface area (Å²) in [5.74, 6) is -0.271. The van der Waals surface area contributed by atoms with Gasteiger partial charge in [-0.05, 0) is 12.8 Å². The zero-order valence-corrected chi connectivity index (χ0v) is 8.58. The molecule has 1 rings (SSSR count). The van der Waals surface area contributed by atoms with E-state index in [-0.39, 0.29) is 11.9 Å². The first-order valence-electron chi connectivity index (χ1n) is 4.77. The maximum atomic E-state index is 11.3. The predicted molar refractivity (Wildman–Crippen MR) is 51.3 cm³/mol. The first-order valence-corrected chi connectivity index (χ1v) is 4.77. The lowest BCUT2D eigenvalue weighted by Gasteiger charge is -2.11. The Balaban J connectivity index is 2.72. The van der Waals surface area contributed by atoms with Gasteiger partial charge in [-0.2, -0.15) is 0 Å². The monoisotopic (exact) mass is 197 g/mol. The molecule has 14 heavy (non-hydrogen) atoms. The van der Waals surface area contributed by atoms with Crippen molar-refractivity contribution in [2.75, 3.05) is 13.7 Å². The van der Waals surface area contributed by atoms with Crippen molar-refractivity contribution in [3.8, 4) is 0 Å². The minimum absolute atomic E-state index is 0.0832. The molecule has 1 aliphatic heterocycles. The second kappa shape index (κ2) is 4.79. The Kier molecular flexibility index (Phi) is 3.68. The summed E-state index contributed by atoms with van der Waals surface area (Å²) in [6, 6.07) is 0. The molecule has 1 heterocycles. The molecular weight excluding hydrogens is 182 g/mol. The van der Waals surface area contributed by atoms with Crippen molar-refractivity contribution in [2.45, 2.75) is 26.2 Å². The predicted octanol–water partition coefficient (Wildman–Crippen LogP) is 1.08. The van der Waals surface area contributed by atoms with E-state index in [1.54, 1.807) is 11.1 Å². The zero-order valence-electron chi connectivity index (χ0n) is 8.58. The molecule has 0 aliphatic carbocycles. The van der Waals surface area contributed by atoms with E-state index in [9.17, 15) is 9.59 Å². The van der Waals surface area contributed by atoms with Crippen LogP contribution in [0, 0.1) is 0 Å². The number of carbonyl (C=O) groups is 2. The van der Waals surface area contributed by atoms with Gasteiger partial charge in [0.05, 0.1) is 12.7 Å². The summed E-state index contributed by atoms with van der Waals surface area (Å²) in [4.78, 5) is 24.1. The van der Waals surface area contributed by atoms with Gasteiger partial charge in [0.2, 0.25) is 5.91 Å². The molecule has 0 spiro atoms. The number of esters is 1. The number of hydrogen-bond donors (Lipinski definition) is 0. The average molecular weight is 197 g/mol. The van der Waals surface area contributed by atoms with E-state index in [4.69, 9.17) is 0 Å². The normalized spacial score (nSPS) is 17.4. The third-order valence-electron chi connectivity index (χ3n) is 2.25. The van der Waals surface area contributed by atoms with E-state index in [1.165, 1.54) is 7.11 Å². The summed E-state index contributed by atoms with van der Waals surface area (Å²) in [7, 11) is 1.34. The number of ether oxygens (including phenoxy) is 1. The van der Waals surface area contributed by atoms with Crippen molar-refractivity contribution in [3.05, 3.63) is 11.8 Å². The number of hydrogen-bond acceptors (Lipinski definition) is 3. The van der Waals surface area contributed by atoms with Crippen LogP contribution in [0.5, 0.6) is 0 Å². The lowest BCUT2D eigenvalue weighted by atomic mass is 10.2. The minimum atomic E-state index is -0.354. The fourth-order valence-corrected chi connectivity index (χ4v) is 1.41. The number of methoxy groups -OCH3 is 1. The molecule has 0 radical (unpaired) electrons. The van der Waals surface area contributed by atoms with Gasteiger partial charge in [-0.15, -0.1) is 0 Å². The second-order valence-corrected chi connectivity index (χ2v) is 3.19. The second-order valence-electron chi connectivity index (χ2n) is 3.19. The van der Waals surface area contributed by atoms with Crippen LogP contribution < -0.4 is 0 Å². The summed E-state index contributed by atoms with van der Waals surface area (Å²) in [6.07, 6.45) is 3.64. The van der Waals surface area contributed by atoms with Gasteiger partial charge < -0.3 is 9.64 Å². The summed E-state index contributed by atoms with van der Waals surface area (Å²) < 4.78 is 4.60. The molecule has 0 aromatic carbocycles. The number of nitrogens with zero attached hydrogens (tertiary/aromatic N) is 1. The molecule has 1 fully saturated rings. The number of carbonyl (C=O) groups excluding carboxylic acids is 2. The highest BCUT2D eigenvalue weighted by molar-refractivity contribution is 5.89. The smallest absolute Gasteiger partial charge is 0.335 e. The van der Waals surface area contributed by atoms with E-state index >= 15 is 0 Å². The van der Waals surface area contributed by atoms with Crippen molar-refractivity contribution in [1.29, 1.82) is 0 Å². The molecule has 1 amide bonds. The molecule has 4 nitrogen and oxygen atoms in total. The Morgan fingerprint density at radius 1 is 1.64 bits per heavy atom. The van der Waals surface area contributed by atoms with E-state index in [0.717, 1.165) is 6.42 Å². The Bertz CT molecular complexity index is 271. The third-order valence-corrected chi connectivity index (χ3v) is 2.25. The summed E-state index contributed by atoms with van der Waals surface area (Å²) in [5.41, 5.74) is 0.544. The molecule has 0 bridgehead atoms. The summed E-state index contributed by atoms with van der Waals surface area (Å²) >= 11 is 0. The van der Waals surface area contributed by atoms with Crippen molar-refractivity contribution in [1.82, 2.24) is 4.90 Å². The largest absolute Gasteiger partial charge is 0.466 e. The minimum Gasteiger partial charge on any atom is -0.466 e. The fraction of sp³-hybridized carbons (Fsp3) is 0.600. The van der Waals surface area contributed by atoms with Crippen molar-refractivity contribution >= 4 is 11.9 Å². The SMILES string of the molecule is CC/C(=C/N1CCCC1=O)C(=O)OC. The molecule has 0 saturated carbocycles. The topological polar surface area (TPSA) is 46.6 Å². The first-order chi connectivity index (χ1) is 6.69. The maximum absolute atomic E-state index is 11.3. The number of likely N-dealkylation sites (tertiary alicyclic amines) is 1. The fourth-order valence-electron chi connectivity index (χ4n) is 1.41. The maximum Gasteiger partial charge on any atom is 0.335 e. The van der Waals surface area contributed by atoms with Crippen molar-refractivity contribution in [3.63, 3.8) is 0 Å². The molecule has 1 aliphatic rings. The van der Waals surface area contributed by atoms with Gasteiger partial charge in [0.15, 0.2) is 0 Å². The molecule has 0 atom stereocenters. The Morgan fingerprint density at radius 2 is 2.36 bits per heavy atom. The van der Waals surface area contributed by atoms with Gasteiger partial charge in [0, 0.05) is 19.2 Å². The first kappa shape index (κ1) is 10.8. The van der Waals surface area contributed by atoms with Crippen LogP contribution in [0.25, 0.3) is 0 Å². The van der Waals surface area contributed by atoms with Crippen LogP contribution >= 0.6 is 0 Å². The molecule has 0 aromatic rings. The highest BCUT2D eigenvalue weighted by Gasteiger charge is 2.20. The third kappa shape index (κ3) is 2.34. The van der Waals surface area contributed by atoms with Crippen molar-refractivity contribution in [2.24, 2.45) is 0 Å². The van der Waals surface area contributed by atoms with Gasteiger partial charge in [-0.25, -0.2) is 4.79 Å². The standard InChI is InChI=1S/C10H15NO3/c1-3-8(10(13)14-2)7-11-6-4-5-9(11)12/h7H,3-6H2,1-2H3/b8-7-. The van der Waals surface area contributed by atoms with Crippen LogP contribution in [0.4, 0.5) is 0 Å². The average Bonchev–Trinajstić information content (AvgIpc) is 2.59. The van der Waals surface area contributed by atoms with Gasteiger partial charge in [0.1, 0.15) is 0 Å². The summed E-state index contributed by atoms with van der Waals surface area (Å²) in [5, 5.41) is 0. The van der Waals surface area contributed by atoms with Crippen LogP contribution in [0.1, 0.15) is 26.2 Å². The van der Waals surface area contributed by atoms with E-state index < -0.39 is 0 Å². The van der Waals surface area contributed by atoms with Gasteiger partial charge in [-0.1, -0.05) is 6.92 Å². The van der Waals surface area contributed by atoms with Crippen LogP contribution in [-0.4, -0.2) is 30.4 Å². The summed E-state index contributed by atoms with van der Waals surface area (Å²) in [6.45, 7) is 2.57. The number of rotatable bonds is 3. The molecular formula is C10H15NO3. The van der Waals surface area contributed by atoms with E-state index in [1.807, 2.05) is 6.92 Å². The Labute approximate surface area is 83.5 Å². The van der Waals surface area contributed by atoms with Gasteiger partial charge in [-0.3, -0.25) is 4.79 Å². The quantitative estimate of drug-likeness (QED) is 0.502. The molecule has 0 unspecified atom stereocenters. The van der Waals surface area contributed by atoms with Crippen LogP contribution in [0.2, 0.25) is 0 Å². The van der Waals surface area contributed by atoms with E-state index in [2.05, 4.69) is 4.74 Å². The highest BCUT2D eigenvalue weighted by Crippen LogP contribution is 2.13. The lowest BCUT2D eigenvalue weighted by Crippen LogP contribution is -2.20. The molecule has 4 heteroatoms. The Hall–Kier alpha value is -1.32. The highest BCUT2D eigenvalue weighted by atomic mass is 16.5. The molecule has 78 valence electrons. The lowest BCUT2D eigenvalue weighted by molar-refractivity contribution is -0.136.